The van der Waals surface area contributed by atoms with Gasteiger partial charge in [-0.15, -0.1) is 5.92 Å². The van der Waals surface area contributed by atoms with E-state index in [0.29, 0.717) is 16.4 Å². The molecule has 4 N–H and O–H groups in total. The third-order valence-electron chi connectivity index (χ3n) is 2.53. The lowest BCUT2D eigenvalue weighted by Gasteiger charge is -2.08. The van der Waals surface area contributed by atoms with Crippen molar-refractivity contribution in [2.24, 2.45) is 11.7 Å². The molecular weight excluding hydrogens is 385 g/mol. The van der Waals surface area contributed by atoms with E-state index in [-0.39, 0.29) is 11.1 Å². The van der Waals surface area contributed by atoms with E-state index < -0.39 is 11.9 Å². The van der Waals surface area contributed by atoms with Crippen LogP contribution >= 0.6 is 22.6 Å². The number of nitrogens with two attached hydrogens (primary N) is 1. The van der Waals surface area contributed by atoms with Crippen LogP contribution in [0.1, 0.15) is 34.6 Å². The zero-order valence-corrected chi connectivity index (χ0v) is 14.0. The highest BCUT2D eigenvalue weighted by molar-refractivity contribution is 14.1. The molecule has 0 saturated carbocycles. The second-order valence-electron chi connectivity index (χ2n) is 4.07. The average Bonchev–Trinajstić information content (AvgIpc) is 2.44. The Morgan fingerprint density at radius 3 is 1.86 bits per heavy atom. The average molecular weight is 403 g/mol. The van der Waals surface area contributed by atoms with Crippen molar-refractivity contribution in [3.8, 4) is 11.8 Å². The van der Waals surface area contributed by atoms with Crippen LogP contribution in [-0.4, -0.2) is 32.6 Å². The SMILES string of the molecule is CC#CC(CN)C(C)I.O=C(O)c1ccccc1C(=O)O. The summed E-state index contributed by atoms with van der Waals surface area (Å²) in [5.74, 6) is 3.83. The number of carboxylic acid groups (broad SMARTS) is 2. The third-order valence-corrected chi connectivity index (χ3v) is 3.39. The van der Waals surface area contributed by atoms with Crippen molar-refractivity contribution >= 4 is 34.5 Å². The fourth-order valence-electron chi connectivity index (χ4n) is 1.40. The van der Waals surface area contributed by atoms with E-state index in [1.54, 1.807) is 0 Å². The number of rotatable bonds is 4. The number of aromatic carboxylic acids is 2. The molecule has 0 fully saturated rings. The Kier molecular flexibility index (Phi) is 9.41. The first-order valence-electron chi connectivity index (χ1n) is 6.17. The summed E-state index contributed by atoms with van der Waals surface area (Å²) >= 11 is 2.35. The van der Waals surface area contributed by atoms with Crippen LogP contribution in [0, 0.1) is 17.8 Å². The van der Waals surface area contributed by atoms with Crippen LogP contribution in [-0.2, 0) is 0 Å². The number of carboxylic acids is 2. The Hall–Kier alpha value is -1.59. The zero-order chi connectivity index (χ0) is 16.4. The molecule has 0 radical (unpaired) electrons. The summed E-state index contributed by atoms with van der Waals surface area (Å²) in [6, 6.07) is 5.48. The number of alkyl halides is 1. The van der Waals surface area contributed by atoms with Crippen LogP contribution in [0.25, 0.3) is 0 Å². The Morgan fingerprint density at radius 1 is 1.24 bits per heavy atom. The molecule has 0 saturated heterocycles. The predicted octanol–water partition coefficient (Wildman–Crippen LogP) is 2.49. The molecule has 2 unspecified atom stereocenters. The monoisotopic (exact) mass is 403 g/mol. The van der Waals surface area contributed by atoms with Gasteiger partial charge in [0, 0.05) is 16.4 Å². The van der Waals surface area contributed by atoms with Crippen molar-refractivity contribution in [1.82, 2.24) is 0 Å². The van der Waals surface area contributed by atoms with Gasteiger partial charge in [-0.05, 0) is 19.1 Å². The van der Waals surface area contributed by atoms with Crippen molar-refractivity contribution in [2.45, 2.75) is 17.8 Å². The number of carbonyl (C=O) groups is 2. The van der Waals surface area contributed by atoms with Gasteiger partial charge < -0.3 is 15.9 Å². The first kappa shape index (κ1) is 19.4. The molecular formula is C15H18INO4. The molecule has 6 heteroatoms. The molecule has 0 aliphatic rings. The summed E-state index contributed by atoms with van der Waals surface area (Å²) in [6.45, 7) is 4.65. The van der Waals surface area contributed by atoms with Crippen molar-refractivity contribution in [3.63, 3.8) is 0 Å². The molecule has 1 aromatic carbocycles. The van der Waals surface area contributed by atoms with Crippen molar-refractivity contribution in [2.75, 3.05) is 6.54 Å². The summed E-state index contributed by atoms with van der Waals surface area (Å²) < 4.78 is 0.556. The van der Waals surface area contributed by atoms with Crippen molar-refractivity contribution < 1.29 is 19.8 Å². The van der Waals surface area contributed by atoms with Gasteiger partial charge in [-0.25, -0.2) is 9.59 Å². The highest BCUT2D eigenvalue weighted by Crippen LogP contribution is 2.10. The standard InChI is InChI=1S/C8H6O4.C7H12IN/c9-7(10)5-3-1-2-4-6(5)8(11)12;1-3-4-7(5-9)6(2)8/h1-4H,(H,9,10)(H,11,12);6-7H,5,9H2,1-2H3. The largest absolute Gasteiger partial charge is 0.478 e. The lowest BCUT2D eigenvalue weighted by molar-refractivity contribution is 0.0651. The van der Waals surface area contributed by atoms with Crippen LogP contribution < -0.4 is 5.73 Å². The van der Waals surface area contributed by atoms with Gasteiger partial charge in [0.05, 0.1) is 11.1 Å². The normalized spacial score (nSPS) is 12.0. The second-order valence-corrected chi connectivity index (χ2v) is 6.03. The highest BCUT2D eigenvalue weighted by Gasteiger charge is 2.13. The summed E-state index contributed by atoms with van der Waals surface area (Å²) in [6.07, 6.45) is 0. The Bertz CT molecular complexity index is 513. The Morgan fingerprint density at radius 2 is 1.67 bits per heavy atom. The molecule has 0 bridgehead atoms. The number of hydrogen-bond acceptors (Lipinski definition) is 3. The fourth-order valence-corrected chi connectivity index (χ4v) is 1.88. The van der Waals surface area contributed by atoms with Gasteiger partial charge >= 0.3 is 11.9 Å². The Balaban J connectivity index is 0.000000400. The predicted molar refractivity (Wildman–Crippen MR) is 89.8 cm³/mol. The van der Waals surface area contributed by atoms with E-state index >= 15 is 0 Å². The highest BCUT2D eigenvalue weighted by atomic mass is 127. The van der Waals surface area contributed by atoms with Crippen molar-refractivity contribution in [1.29, 1.82) is 0 Å². The second kappa shape index (κ2) is 10.2. The lowest BCUT2D eigenvalue weighted by Crippen LogP contribution is -2.19. The van der Waals surface area contributed by atoms with E-state index in [1.807, 2.05) is 6.92 Å². The molecule has 114 valence electrons. The molecule has 0 amide bonds. The van der Waals surface area contributed by atoms with E-state index in [4.69, 9.17) is 15.9 Å². The maximum atomic E-state index is 10.5. The fraction of sp³-hybridized carbons (Fsp3) is 0.333. The van der Waals surface area contributed by atoms with E-state index in [1.165, 1.54) is 24.3 Å². The van der Waals surface area contributed by atoms with Crippen LogP contribution in [0.4, 0.5) is 0 Å². The first-order valence-corrected chi connectivity index (χ1v) is 7.41. The van der Waals surface area contributed by atoms with Crippen LogP contribution in [0.3, 0.4) is 0 Å². The lowest BCUT2D eigenvalue weighted by atomic mass is 10.1. The first-order chi connectivity index (χ1) is 9.84. The summed E-state index contributed by atoms with van der Waals surface area (Å²) in [5.41, 5.74) is 5.07. The molecule has 1 aromatic rings. The molecule has 0 aliphatic carbocycles. The minimum atomic E-state index is -1.23. The minimum Gasteiger partial charge on any atom is -0.478 e. The smallest absolute Gasteiger partial charge is 0.336 e. The number of hydrogen-bond donors (Lipinski definition) is 3. The summed E-state index contributed by atoms with van der Waals surface area (Å²) in [4.78, 5) is 20.9. The number of benzene rings is 1. The molecule has 1 rings (SSSR count). The molecule has 5 nitrogen and oxygen atoms in total. The maximum Gasteiger partial charge on any atom is 0.336 e. The minimum absolute atomic E-state index is 0.190. The molecule has 2 atom stereocenters. The van der Waals surface area contributed by atoms with E-state index in [2.05, 4.69) is 41.4 Å². The molecule has 0 aliphatic heterocycles. The van der Waals surface area contributed by atoms with Gasteiger partial charge in [-0.2, -0.15) is 0 Å². The van der Waals surface area contributed by atoms with E-state index in [9.17, 15) is 9.59 Å². The van der Waals surface area contributed by atoms with Crippen LogP contribution in [0.2, 0.25) is 0 Å². The molecule has 21 heavy (non-hydrogen) atoms. The quantitative estimate of drug-likeness (QED) is 0.408. The van der Waals surface area contributed by atoms with E-state index in [0.717, 1.165) is 0 Å². The Labute approximate surface area is 137 Å². The molecule has 0 spiro atoms. The van der Waals surface area contributed by atoms with Gasteiger partial charge in [0.25, 0.3) is 0 Å². The molecule has 0 aromatic heterocycles. The van der Waals surface area contributed by atoms with Crippen molar-refractivity contribution in [3.05, 3.63) is 35.4 Å². The van der Waals surface area contributed by atoms with Gasteiger partial charge in [0.15, 0.2) is 0 Å². The summed E-state index contributed by atoms with van der Waals surface area (Å²) in [7, 11) is 0. The third kappa shape index (κ3) is 7.11. The maximum absolute atomic E-state index is 10.5. The van der Waals surface area contributed by atoms with Gasteiger partial charge in [0.2, 0.25) is 0 Å². The van der Waals surface area contributed by atoms with Crippen LogP contribution in [0.15, 0.2) is 24.3 Å². The zero-order valence-electron chi connectivity index (χ0n) is 11.8. The van der Waals surface area contributed by atoms with Gasteiger partial charge in [-0.1, -0.05) is 47.6 Å². The topological polar surface area (TPSA) is 101 Å². The van der Waals surface area contributed by atoms with Crippen LogP contribution in [0.5, 0.6) is 0 Å². The summed E-state index contributed by atoms with van der Waals surface area (Å²) in [5, 5.41) is 17.1. The number of halogens is 1. The van der Waals surface area contributed by atoms with Gasteiger partial charge in [0.1, 0.15) is 0 Å². The molecule has 0 heterocycles. The van der Waals surface area contributed by atoms with Gasteiger partial charge in [-0.3, -0.25) is 0 Å².